The number of hydrogen-bond donors (Lipinski definition) is 10. The Bertz CT molecular complexity index is 1330. The van der Waals surface area contributed by atoms with Crippen molar-refractivity contribution >= 4 is 41.4 Å². The van der Waals surface area contributed by atoms with Crippen LogP contribution in [0.4, 0.5) is 0 Å². The van der Waals surface area contributed by atoms with Gasteiger partial charge in [0.25, 0.3) is 0 Å². The molecule has 52 heavy (non-hydrogen) atoms. The fraction of sp³-hybridized carbons (Fsp3) is 0.629. The molecule has 0 bridgehead atoms. The van der Waals surface area contributed by atoms with Crippen molar-refractivity contribution in [2.45, 2.75) is 109 Å². The first-order valence-corrected chi connectivity index (χ1v) is 17.6. The summed E-state index contributed by atoms with van der Waals surface area (Å²) in [6, 6.07) is 2.97. The molecule has 0 aliphatic carbocycles. The van der Waals surface area contributed by atoms with Crippen LogP contribution in [0.25, 0.3) is 0 Å². The molecule has 1 rings (SSSR count). The summed E-state index contributed by atoms with van der Waals surface area (Å²) in [5.74, 6) is -5.58. The molecular formula is C35H58N8O9. The number of nitrogens with two attached hydrogens (primary N) is 2. The van der Waals surface area contributed by atoms with Crippen LogP contribution in [0.5, 0.6) is 0 Å². The second-order valence-electron chi connectivity index (χ2n) is 13.5. The van der Waals surface area contributed by atoms with Crippen molar-refractivity contribution in [3.63, 3.8) is 0 Å². The molecule has 0 aromatic heterocycles. The summed E-state index contributed by atoms with van der Waals surface area (Å²) in [6.07, 6.45) is 1.77. The molecule has 12 N–H and O–H groups in total. The Morgan fingerprint density at radius 3 is 1.96 bits per heavy atom. The van der Waals surface area contributed by atoms with Crippen molar-refractivity contribution in [3.8, 4) is 0 Å². The smallest absolute Gasteiger partial charge is 0.305 e. The number of aliphatic carboxylic acids is 1. The third-order valence-electron chi connectivity index (χ3n) is 8.04. The molecule has 0 unspecified atom stereocenters. The molecule has 0 saturated carbocycles. The molecule has 6 atom stereocenters. The number of nitrogens with one attached hydrogen (secondary N) is 6. The van der Waals surface area contributed by atoms with E-state index < -0.39 is 97.2 Å². The number of carbonyl (C=O) groups excluding carboxylic acids is 6. The van der Waals surface area contributed by atoms with E-state index in [0.29, 0.717) is 19.3 Å². The van der Waals surface area contributed by atoms with E-state index in [9.17, 15) is 38.7 Å². The summed E-state index contributed by atoms with van der Waals surface area (Å²) < 4.78 is 0. The predicted octanol–water partition coefficient (Wildman–Crippen LogP) is -1.59. The average Bonchev–Trinajstić information content (AvgIpc) is 3.07. The van der Waals surface area contributed by atoms with E-state index in [1.807, 2.05) is 51.1 Å². The van der Waals surface area contributed by atoms with Gasteiger partial charge in [0, 0.05) is 12.6 Å². The largest absolute Gasteiger partial charge is 0.481 e. The number of carbonyl (C=O) groups is 7. The Labute approximate surface area is 305 Å². The highest BCUT2D eigenvalue weighted by Gasteiger charge is 2.29. The lowest BCUT2D eigenvalue weighted by Crippen LogP contribution is -2.58. The van der Waals surface area contributed by atoms with Crippen LogP contribution < -0.4 is 43.4 Å². The molecule has 0 heterocycles. The summed E-state index contributed by atoms with van der Waals surface area (Å²) in [4.78, 5) is 87.6. The zero-order valence-corrected chi connectivity index (χ0v) is 30.8. The van der Waals surface area contributed by atoms with Gasteiger partial charge >= 0.3 is 5.97 Å². The molecule has 0 spiro atoms. The Morgan fingerprint density at radius 1 is 0.808 bits per heavy atom. The highest BCUT2D eigenvalue weighted by Crippen LogP contribution is 2.09. The molecule has 0 saturated heterocycles. The number of primary amides is 1. The van der Waals surface area contributed by atoms with Crippen LogP contribution in [0.15, 0.2) is 30.3 Å². The molecule has 6 amide bonds. The van der Waals surface area contributed by atoms with E-state index in [2.05, 4.69) is 31.9 Å². The number of unbranched alkanes of at least 4 members (excludes halogenated alkanes) is 1. The second kappa shape index (κ2) is 23.8. The number of aliphatic hydroxyl groups is 1. The van der Waals surface area contributed by atoms with Crippen LogP contribution >= 0.6 is 0 Å². The maximum Gasteiger partial charge on any atom is 0.305 e. The molecule has 0 aliphatic rings. The fourth-order valence-electron chi connectivity index (χ4n) is 5.22. The van der Waals surface area contributed by atoms with Gasteiger partial charge in [-0.25, -0.2) is 0 Å². The highest BCUT2D eigenvalue weighted by molar-refractivity contribution is 5.93. The van der Waals surface area contributed by atoms with Crippen molar-refractivity contribution in [2.75, 3.05) is 19.7 Å². The van der Waals surface area contributed by atoms with Crippen LogP contribution in [0.3, 0.4) is 0 Å². The lowest BCUT2D eigenvalue weighted by Gasteiger charge is -2.27. The lowest BCUT2D eigenvalue weighted by molar-refractivity contribution is -0.139. The summed E-state index contributed by atoms with van der Waals surface area (Å²) in [7, 11) is 0. The van der Waals surface area contributed by atoms with E-state index in [1.165, 1.54) is 0 Å². The minimum Gasteiger partial charge on any atom is -0.481 e. The second-order valence-corrected chi connectivity index (χ2v) is 13.5. The number of aliphatic hydroxyl groups excluding tert-OH is 1. The number of carboxylic acids is 1. The highest BCUT2D eigenvalue weighted by atomic mass is 16.4. The van der Waals surface area contributed by atoms with Crippen LogP contribution in [-0.4, -0.2) is 108 Å². The number of rotatable bonds is 25. The van der Waals surface area contributed by atoms with Gasteiger partial charge in [-0.1, -0.05) is 77.8 Å². The van der Waals surface area contributed by atoms with Crippen LogP contribution in [0.1, 0.15) is 72.3 Å². The molecule has 17 nitrogen and oxygen atoms in total. The van der Waals surface area contributed by atoms with E-state index in [1.54, 1.807) is 13.8 Å². The quantitative estimate of drug-likeness (QED) is 0.0547. The molecule has 292 valence electrons. The Morgan fingerprint density at radius 2 is 1.42 bits per heavy atom. The zero-order chi connectivity index (χ0) is 39.4. The Hall–Kier alpha value is -4.61. The first-order valence-electron chi connectivity index (χ1n) is 17.6. The molecule has 17 heteroatoms. The minimum atomic E-state index is -1.43. The first-order chi connectivity index (χ1) is 24.5. The van der Waals surface area contributed by atoms with Gasteiger partial charge in [0.05, 0.1) is 31.7 Å². The number of carboxylic acid groups (broad SMARTS) is 1. The van der Waals surface area contributed by atoms with Gasteiger partial charge in [-0.3, -0.25) is 33.6 Å². The van der Waals surface area contributed by atoms with Gasteiger partial charge < -0.3 is 53.6 Å². The number of amides is 6. The van der Waals surface area contributed by atoms with Crippen molar-refractivity contribution in [1.29, 1.82) is 0 Å². The van der Waals surface area contributed by atoms with E-state index in [-0.39, 0.29) is 24.8 Å². The van der Waals surface area contributed by atoms with Gasteiger partial charge in [-0.15, -0.1) is 0 Å². The fourth-order valence-corrected chi connectivity index (χ4v) is 5.22. The molecule has 1 aromatic carbocycles. The van der Waals surface area contributed by atoms with Gasteiger partial charge in [-0.05, 0) is 36.7 Å². The third kappa shape index (κ3) is 17.5. The summed E-state index contributed by atoms with van der Waals surface area (Å²) >= 11 is 0. The first kappa shape index (κ1) is 45.4. The Kier molecular flexibility index (Phi) is 20.8. The Balaban J connectivity index is 2.98. The van der Waals surface area contributed by atoms with Crippen LogP contribution in [-0.2, 0) is 40.0 Å². The van der Waals surface area contributed by atoms with Crippen molar-refractivity contribution in [3.05, 3.63) is 35.9 Å². The topological polar surface area (TPSA) is 284 Å². The number of hydrogen-bond acceptors (Lipinski definition) is 10. The summed E-state index contributed by atoms with van der Waals surface area (Å²) in [5, 5.41) is 34.8. The van der Waals surface area contributed by atoms with E-state index >= 15 is 0 Å². The van der Waals surface area contributed by atoms with E-state index in [4.69, 9.17) is 16.6 Å². The van der Waals surface area contributed by atoms with Gasteiger partial charge in [0.15, 0.2) is 0 Å². The van der Waals surface area contributed by atoms with E-state index in [0.717, 1.165) is 12.0 Å². The molecule has 0 aliphatic heterocycles. The molecule has 1 aromatic rings. The maximum atomic E-state index is 13.3. The van der Waals surface area contributed by atoms with Crippen LogP contribution in [0.2, 0.25) is 0 Å². The van der Waals surface area contributed by atoms with Crippen LogP contribution in [0, 0.1) is 11.8 Å². The minimum absolute atomic E-state index is 0.0191. The van der Waals surface area contributed by atoms with Crippen molar-refractivity contribution < 1.29 is 43.8 Å². The predicted molar refractivity (Wildman–Crippen MR) is 193 cm³/mol. The average molecular weight is 735 g/mol. The summed E-state index contributed by atoms with van der Waals surface area (Å²) in [5.41, 5.74) is 11.9. The van der Waals surface area contributed by atoms with Crippen molar-refractivity contribution in [1.82, 2.24) is 31.9 Å². The molecule has 0 radical (unpaired) electrons. The number of benzene rings is 1. The lowest BCUT2D eigenvalue weighted by atomic mass is 10.0. The summed E-state index contributed by atoms with van der Waals surface area (Å²) in [6.45, 7) is 8.11. The SMILES string of the molecule is CCCC[C@H](NC(=O)[C@H](CC(C)C)NC(=O)CNC(=O)[C@@H](NC[C@H](Cc1ccccc1)NC(=O)[C@H](CO)NC(=O)[C@@H](N)CC(=O)O)C(C)C)C(N)=O. The molecule has 0 fully saturated rings. The molecular weight excluding hydrogens is 676 g/mol. The normalized spacial score (nSPS) is 14.6. The van der Waals surface area contributed by atoms with Gasteiger partial charge in [-0.2, -0.15) is 0 Å². The van der Waals surface area contributed by atoms with Gasteiger partial charge in [0.2, 0.25) is 35.4 Å². The third-order valence-corrected chi connectivity index (χ3v) is 8.04. The standard InChI is InChI=1S/C35H58N8O9/c1-6-7-13-25(31(37)48)42-33(50)26(14-20(2)3)41-28(45)18-39-35(52)30(21(4)5)38-17-23(15-22-11-9-8-10-12-22)40-34(51)27(19-44)43-32(49)24(36)16-29(46)47/h8-12,20-21,23-27,30,38,44H,6-7,13-19,36H2,1-5H3,(H2,37,48)(H,39,52)(H,40,51)(H,41,45)(H,42,50)(H,43,49)(H,46,47)/t23-,24-,25-,26-,27-,30-/m0/s1. The monoisotopic (exact) mass is 734 g/mol. The maximum absolute atomic E-state index is 13.3. The zero-order valence-electron chi connectivity index (χ0n) is 30.8. The van der Waals surface area contributed by atoms with Gasteiger partial charge in [0.1, 0.15) is 18.1 Å². The van der Waals surface area contributed by atoms with Crippen molar-refractivity contribution in [2.24, 2.45) is 23.3 Å².